The van der Waals surface area contributed by atoms with Gasteiger partial charge in [-0.1, -0.05) is 49.7 Å². The van der Waals surface area contributed by atoms with Crippen molar-refractivity contribution in [2.75, 3.05) is 20.8 Å². The summed E-state index contributed by atoms with van der Waals surface area (Å²) in [7, 11) is 3.62. The van der Waals surface area contributed by atoms with Crippen LogP contribution in [-0.4, -0.2) is 43.9 Å². The molecule has 0 amide bonds. The average Bonchev–Trinajstić information content (AvgIpc) is 2.83. The third-order valence-electron chi connectivity index (χ3n) is 4.81. The standard InChI is InChI=1S/C26H34ClFN6/c1-6-8-20(24(13-16-30-3)32-19-33-26(31-4)12-15-29)14-17-34(5)25(9-7-2)21-10-11-22(27)23(28)18-21/h6,8,10-18,25H,1,3,7,9,19,29H2,2,4-5H3,(H,31,33)/b15-12?,16-13-,17-14-,20-8+,32-24?. The Hall–Kier alpha value is -3.45. The molecule has 0 bridgehead atoms. The first-order valence-electron chi connectivity index (χ1n) is 10.9. The number of nitrogens with zero attached hydrogens (tertiary/aromatic N) is 4. The van der Waals surface area contributed by atoms with Gasteiger partial charge in [0.15, 0.2) is 0 Å². The highest BCUT2D eigenvalue weighted by Crippen LogP contribution is 2.28. The van der Waals surface area contributed by atoms with Crippen LogP contribution in [0.2, 0.25) is 5.02 Å². The molecule has 6 nitrogen and oxygen atoms in total. The molecule has 0 saturated carbocycles. The fraction of sp³-hybridized carbons (Fsp3) is 0.269. The molecule has 0 aliphatic rings. The van der Waals surface area contributed by atoms with Gasteiger partial charge in [0, 0.05) is 25.9 Å². The van der Waals surface area contributed by atoms with E-state index in [2.05, 4.69) is 40.5 Å². The van der Waals surface area contributed by atoms with Crippen molar-refractivity contribution < 1.29 is 4.39 Å². The molecule has 1 aromatic rings. The summed E-state index contributed by atoms with van der Waals surface area (Å²) in [6.07, 6.45) is 15.6. The number of aliphatic imine (C=N–C) groups is 3. The third kappa shape index (κ3) is 9.58. The zero-order valence-corrected chi connectivity index (χ0v) is 20.8. The molecule has 182 valence electrons. The molecule has 3 N–H and O–H groups in total. The molecule has 0 aromatic heterocycles. The summed E-state index contributed by atoms with van der Waals surface area (Å²) >= 11 is 5.87. The number of amidine groups is 1. The van der Waals surface area contributed by atoms with Gasteiger partial charge in [-0.05, 0) is 61.5 Å². The molecule has 1 aromatic carbocycles. The molecule has 0 fully saturated rings. The number of nitrogens with one attached hydrogen (secondary N) is 1. The van der Waals surface area contributed by atoms with E-state index in [0.717, 1.165) is 24.0 Å². The number of benzene rings is 1. The van der Waals surface area contributed by atoms with E-state index in [1.54, 1.807) is 37.5 Å². The Morgan fingerprint density at radius 3 is 2.68 bits per heavy atom. The van der Waals surface area contributed by atoms with E-state index in [-0.39, 0.29) is 17.7 Å². The zero-order valence-electron chi connectivity index (χ0n) is 20.1. The van der Waals surface area contributed by atoms with Gasteiger partial charge in [-0.15, -0.1) is 0 Å². The summed E-state index contributed by atoms with van der Waals surface area (Å²) in [4.78, 5) is 14.5. The van der Waals surface area contributed by atoms with Crippen LogP contribution in [0, 0.1) is 5.82 Å². The van der Waals surface area contributed by atoms with E-state index in [1.807, 2.05) is 36.4 Å². The number of nitrogens with two attached hydrogens (primary N) is 1. The van der Waals surface area contributed by atoms with Crippen molar-refractivity contribution in [1.29, 1.82) is 0 Å². The largest absolute Gasteiger partial charge is 0.404 e. The Kier molecular flexibility index (Phi) is 13.6. The Morgan fingerprint density at radius 1 is 1.32 bits per heavy atom. The number of allylic oxidation sites excluding steroid dienone is 5. The van der Waals surface area contributed by atoms with E-state index >= 15 is 0 Å². The Balaban J connectivity index is 3.21. The maximum atomic E-state index is 14.1. The third-order valence-corrected chi connectivity index (χ3v) is 5.11. The van der Waals surface area contributed by atoms with Gasteiger partial charge < -0.3 is 16.0 Å². The lowest BCUT2D eigenvalue weighted by molar-refractivity contribution is 0.315. The number of rotatable bonds is 13. The monoisotopic (exact) mass is 484 g/mol. The van der Waals surface area contributed by atoms with Gasteiger partial charge in [-0.25, -0.2) is 4.39 Å². The van der Waals surface area contributed by atoms with E-state index in [0.29, 0.717) is 11.5 Å². The van der Waals surface area contributed by atoms with Crippen LogP contribution in [0.3, 0.4) is 0 Å². The summed E-state index contributed by atoms with van der Waals surface area (Å²) in [5.41, 5.74) is 7.77. The van der Waals surface area contributed by atoms with Gasteiger partial charge in [0.05, 0.1) is 16.8 Å². The second-order valence-corrected chi connectivity index (χ2v) is 7.57. The minimum absolute atomic E-state index is 0.0168. The Morgan fingerprint density at radius 2 is 2.09 bits per heavy atom. The van der Waals surface area contributed by atoms with Gasteiger partial charge >= 0.3 is 0 Å². The highest BCUT2D eigenvalue weighted by Gasteiger charge is 2.15. The fourth-order valence-electron chi connectivity index (χ4n) is 3.13. The second kappa shape index (κ2) is 16.2. The predicted molar refractivity (Wildman–Crippen MR) is 145 cm³/mol. The highest BCUT2D eigenvalue weighted by molar-refractivity contribution is 6.30. The average molecular weight is 485 g/mol. The fourth-order valence-corrected chi connectivity index (χ4v) is 3.24. The van der Waals surface area contributed by atoms with Crippen molar-refractivity contribution in [1.82, 2.24) is 10.2 Å². The molecule has 1 rings (SSSR count). The van der Waals surface area contributed by atoms with E-state index < -0.39 is 5.82 Å². The highest BCUT2D eigenvalue weighted by atomic mass is 35.5. The molecule has 0 saturated heterocycles. The van der Waals surface area contributed by atoms with Crippen molar-refractivity contribution in [3.8, 4) is 0 Å². The van der Waals surface area contributed by atoms with Crippen LogP contribution >= 0.6 is 11.6 Å². The number of hydrogen-bond acceptors (Lipinski definition) is 5. The minimum atomic E-state index is -0.423. The molecular formula is C26H34ClFN6. The lowest BCUT2D eigenvalue weighted by Crippen LogP contribution is -2.22. The number of halogens is 2. The van der Waals surface area contributed by atoms with Crippen LogP contribution < -0.4 is 11.1 Å². The van der Waals surface area contributed by atoms with Crippen LogP contribution in [0.1, 0.15) is 31.4 Å². The van der Waals surface area contributed by atoms with Gasteiger partial charge in [-0.2, -0.15) is 0 Å². The predicted octanol–water partition coefficient (Wildman–Crippen LogP) is 5.58. The summed E-state index contributed by atoms with van der Waals surface area (Å²) in [6.45, 7) is 9.68. The summed E-state index contributed by atoms with van der Waals surface area (Å²) in [5, 5.41) is 3.20. The molecular weight excluding hydrogens is 451 g/mol. The lowest BCUT2D eigenvalue weighted by Gasteiger charge is -2.27. The topological polar surface area (TPSA) is 78.4 Å². The first-order valence-corrected chi connectivity index (χ1v) is 11.2. The molecule has 8 heteroatoms. The van der Waals surface area contributed by atoms with Gasteiger partial charge in [0.25, 0.3) is 0 Å². The summed E-state index contributed by atoms with van der Waals surface area (Å²) in [5.74, 6) is 0.187. The van der Waals surface area contributed by atoms with E-state index in [9.17, 15) is 4.39 Å². The molecule has 0 aliphatic heterocycles. The van der Waals surface area contributed by atoms with Gasteiger partial charge in [0.1, 0.15) is 18.3 Å². The van der Waals surface area contributed by atoms with Crippen LogP contribution in [0.4, 0.5) is 4.39 Å². The Bertz CT molecular complexity index is 991. The molecule has 0 heterocycles. The summed E-state index contributed by atoms with van der Waals surface area (Å²) in [6, 6.07) is 4.93. The first kappa shape index (κ1) is 28.6. The SMILES string of the molecule is C=C/C=C(\C=C/N(C)C(CCC)c1ccc(Cl)c(F)c1)C(/C=C\N=C)=NCNC(C=CN)=NC. The molecule has 0 aliphatic carbocycles. The van der Waals surface area contributed by atoms with Crippen LogP contribution in [0.15, 0.2) is 94.3 Å². The van der Waals surface area contributed by atoms with Crippen LogP contribution in [0.25, 0.3) is 0 Å². The van der Waals surface area contributed by atoms with Crippen molar-refractivity contribution >= 4 is 29.9 Å². The molecule has 0 radical (unpaired) electrons. The van der Waals surface area contributed by atoms with Gasteiger partial charge in [-0.3, -0.25) is 15.0 Å². The van der Waals surface area contributed by atoms with E-state index in [1.165, 1.54) is 12.3 Å². The van der Waals surface area contributed by atoms with Crippen molar-refractivity contribution in [2.24, 2.45) is 20.7 Å². The molecule has 1 atom stereocenters. The first-order chi connectivity index (χ1) is 16.4. The quantitative estimate of drug-likeness (QED) is 0.218. The summed E-state index contributed by atoms with van der Waals surface area (Å²) < 4.78 is 14.1. The van der Waals surface area contributed by atoms with Crippen LogP contribution in [0.5, 0.6) is 0 Å². The van der Waals surface area contributed by atoms with Crippen molar-refractivity contribution in [3.05, 3.63) is 95.7 Å². The zero-order chi connectivity index (χ0) is 25.3. The maximum Gasteiger partial charge on any atom is 0.142 e. The van der Waals surface area contributed by atoms with Crippen molar-refractivity contribution in [2.45, 2.75) is 25.8 Å². The second-order valence-electron chi connectivity index (χ2n) is 7.16. The van der Waals surface area contributed by atoms with Crippen LogP contribution in [-0.2, 0) is 0 Å². The minimum Gasteiger partial charge on any atom is -0.404 e. The number of hydrogen-bond donors (Lipinski definition) is 2. The smallest absolute Gasteiger partial charge is 0.142 e. The maximum absolute atomic E-state index is 14.1. The van der Waals surface area contributed by atoms with Crippen molar-refractivity contribution in [3.63, 3.8) is 0 Å². The van der Waals surface area contributed by atoms with E-state index in [4.69, 9.17) is 17.3 Å². The lowest BCUT2D eigenvalue weighted by atomic mass is 10.0. The normalized spacial score (nSPS) is 14.2. The molecule has 1 unspecified atom stereocenters. The molecule has 0 spiro atoms. The Labute approximate surface area is 207 Å². The van der Waals surface area contributed by atoms with Gasteiger partial charge in [0.2, 0.25) is 0 Å². The molecule has 34 heavy (non-hydrogen) atoms.